The molecule has 0 radical (unpaired) electrons. The molecule has 1 rings (SSSR count). The summed E-state index contributed by atoms with van der Waals surface area (Å²) in [6.07, 6.45) is 1.72. The van der Waals surface area contributed by atoms with Crippen molar-refractivity contribution in [2.45, 2.75) is 10.7 Å². The third-order valence-corrected chi connectivity index (χ3v) is 2.69. The molecule has 0 atom stereocenters. The van der Waals surface area contributed by atoms with E-state index in [0.717, 1.165) is 11.1 Å². The van der Waals surface area contributed by atoms with E-state index in [2.05, 4.69) is 0 Å². The van der Waals surface area contributed by atoms with Crippen LogP contribution in [0.15, 0.2) is 30.3 Å². The summed E-state index contributed by atoms with van der Waals surface area (Å²) in [5, 5.41) is 7.32. The molecule has 18 heavy (non-hydrogen) atoms. The second-order valence-corrected chi connectivity index (χ2v) is 5.81. The third-order valence-electron chi connectivity index (χ3n) is 2.17. The first-order valence-electron chi connectivity index (χ1n) is 5.02. The normalized spacial score (nSPS) is 12.4. The molecule has 6 heteroatoms. The SMILES string of the molecule is C/C(=C\COC(=N)C(Cl)(Cl)Cl)c1ccc(F)cc1. The van der Waals surface area contributed by atoms with Gasteiger partial charge in [-0.05, 0) is 36.3 Å². The van der Waals surface area contributed by atoms with Gasteiger partial charge in [0.1, 0.15) is 12.4 Å². The predicted octanol–water partition coefficient (Wildman–Crippen LogP) is 4.59. The number of nitrogens with one attached hydrogen (secondary N) is 1. The van der Waals surface area contributed by atoms with Crippen molar-refractivity contribution in [3.05, 3.63) is 41.7 Å². The lowest BCUT2D eigenvalue weighted by Crippen LogP contribution is -2.21. The van der Waals surface area contributed by atoms with Crippen molar-refractivity contribution in [1.82, 2.24) is 0 Å². The molecular formula is C12H11Cl3FNO. The van der Waals surface area contributed by atoms with E-state index in [1.54, 1.807) is 18.2 Å². The van der Waals surface area contributed by atoms with Crippen LogP contribution in [0.25, 0.3) is 5.57 Å². The van der Waals surface area contributed by atoms with Gasteiger partial charge in [0.15, 0.2) is 0 Å². The molecule has 1 aromatic rings. The van der Waals surface area contributed by atoms with Crippen LogP contribution in [0.2, 0.25) is 0 Å². The molecule has 0 aliphatic rings. The molecule has 0 bridgehead atoms. The molecule has 0 fully saturated rings. The Morgan fingerprint density at radius 1 is 1.33 bits per heavy atom. The molecular weight excluding hydrogens is 299 g/mol. The smallest absolute Gasteiger partial charge is 0.265 e. The fourth-order valence-corrected chi connectivity index (χ4v) is 1.33. The van der Waals surface area contributed by atoms with Crippen LogP contribution in [0.3, 0.4) is 0 Å². The van der Waals surface area contributed by atoms with Crippen LogP contribution in [0.5, 0.6) is 0 Å². The van der Waals surface area contributed by atoms with E-state index >= 15 is 0 Å². The molecule has 0 aliphatic heterocycles. The lowest BCUT2D eigenvalue weighted by molar-refractivity contribution is 0.340. The molecule has 0 aliphatic carbocycles. The number of ether oxygens (including phenoxy) is 1. The summed E-state index contributed by atoms with van der Waals surface area (Å²) >= 11 is 16.4. The summed E-state index contributed by atoms with van der Waals surface area (Å²) in [7, 11) is 0. The highest BCUT2D eigenvalue weighted by Crippen LogP contribution is 2.27. The summed E-state index contributed by atoms with van der Waals surface area (Å²) in [5.41, 5.74) is 1.74. The standard InChI is InChI=1S/C12H11Cl3FNO/c1-8(9-2-4-10(16)5-3-9)6-7-18-11(17)12(13,14)15/h2-6,17H,7H2,1H3/b8-6+,17-11?. The zero-order chi connectivity index (χ0) is 13.8. The molecule has 0 spiro atoms. The summed E-state index contributed by atoms with van der Waals surface area (Å²) in [6.45, 7) is 1.95. The monoisotopic (exact) mass is 309 g/mol. The van der Waals surface area contributed by atoms with Crippen LogP contribution >= 0.6 is 34.8 Å². The highest BCUT2D eigenvalue weighted by atomic mass is 35.6. The van der Waals surface area contributed by atoms with Crippen molar-refractivity contribution >= 4 is 46.3 Å². The Morgan fingerprint density at radius 2 is 1.89 bits per heavy atom. The van der Waals surface area contributed by atoms with Gasteiger partial charge in [-0.25, -0.2) is 4.39 Å². The van der Waals surface area contributed by atoms with Crippen molar-refractivity contribution in [2.24, 2.45) is 0 Å². The molecule has 0 saturated carbocycles. The Hall–Kier alpha value is -0.770. The van der Waals surface area contributed by atoms with Crippen LogP contribution < -0.4 is 0 Å². The topological polar surface area (TPSA) is 33.1 Å². The molecule has 98 valence electrons. The number of benzene rings is 1. The van der Waals surface area contributed by atoms with Crippen molar-refractivity contribution in [3.8, 4) is 0 Å². The summed E-state index contributed by atoms with van der Waals surface area (Å²) in [4.78, 5) is 0. The third kappa shape index (κ3) is 4.84. The van der Waals surface area contributed by atoms with Gasteiger partial charge in [-0.15, -0.1) is 0 Å². The zero-order valence-electron chi connectivity index (χ0n) is 9.51. The van der Waals surface area contributed by atoms with E-state index in [1.807, 2.05) is 6.92 Å². The zero-order valence-corrected chi connectivity index (χ0v) is 11.8. The van der Waals surface area contributed by atoms with Crippen LogP contribution in [-0.4, -0.2) is 16.3 Å². The first-order valence-corrected chi connectivity index (χ1v) is 6.15. The predicted molar refractivity (Wildman–Crippen MR) is 74.0 cm³/mol. The van der Waals surface area contributed by atoms with Crippen molar-refractivity contribution in [2.75, 3.05) is 6.61 Å². The van der Waals surface area contributed by atoms with Crippen molar-refractivity contribution in [1.29, 1.82) is 5.41 Å². The van der Waals surface area contributed by atoms with Gasteiger partial charge in [-0.3, -0.25) is 5.41 Å². The Morgan fingerprint density at radius 3 is 2.39 bits per heavy atom. The van der Waals surface area contributed by atoms with Gasteiger partial charge < -0.3 is 4.74 Å². The number of alkyl halides is 3. The molecule has 0 aromatic heterocycles. The highest BCUT2D eigenvalue weighted by molar-refractivity contribution is 6.76. The molecule has 2 nitrogen and oxygen atoms in total. The highest BCUT2D eigenvalue weighted by Gasteiger charge is 2.28. The Bertz CT molecular complexity index is 451. The minimum absolute atomic E-state index is 0.107. The second-order valence-electron chi connectivity index (χ2n) is 3.53. The van der Waals surface area contributed by atoms with Crippen molar-refractivity contribution < 1.29 is 9.13 Å². The first-order chi connectivity index (χ1) is 8.30. The fraction of sp³-hybridized carbons (Fsp3) is 0.250. The van der Waals surface area contributed by atoms with Crippen LogP contribution in [0.4, 0.5) is 4.39 Å². The van der Waals surface area contributed by atoms with Gasteiger partial charge in [0.2, 0.25) is 5.90 Å². The molecule has 0 saturated heterocycles. The Kier molecular flexibility index (Phi) is 5.45. The number of allylic oxidation sites excluding steroid dienone is 1. The number of hydrogen-bond donors (Lipinski definition) is 1. The molecule has 1 N–H and O–H groups in total. The maximum absolute atomic E-state index is 12.7. The molecule has 0 heterocycles. The van der Waals surface area contributed by atoms with Gasteiger partial charge in [0, 0.05) is 0 Å². The first kappa shape index (κ1) is 15.3. The van der Waals surface area contributed by atoms with Crippen LogP contribution in [-0.2, 0) is 4.74 Å². The molecule has 1 aromatic carbocycles. The van der Waals surface area contributed by atoms with Gasteiger partial charge in [-0.1, -0.05) is 46.9 Å². The average Bonchev–Trinajstić information content (AvgIpc) is 2.28. The Balaban J connectivity index is 2.58. The number of hydrogen-bond acceptors (Lipinski definition) is 2. The van der Waals surface area contributed by atoms with Gasteiger partial charge in [0.25, 0.3) is 3.79 Å². The van der Waals surface area contributed by atoms with E-state index in [9.17, 15) is 4.39 Å². The van der Waals surface area contributed by atoms with Crippen LogP contribution in [0, 0.1) is 11.2 Å². The maximum Gasteiger partial charge on any atom is 0.265 e. The lowest BCUT2D eigenvalue weighted by atomic mass is 10.1. The summed E-state index contributed by atoms with van der Waals surface area (Å²) in [6, 6.07) is 6.05. The van der Waals surface area contributed by atoms with Gasteiger partial charge >= 0.3 is 0 Å². The van der Waals surface area contributed by atoms with E-state index < -0.39 is 9.69 Å². The number of halogens is 4. The van der Waals surface area contributed by atoms with Crippen molar-refractivity contribution in [3.63, 3.8) is 0 Å². The van der Waals surface area contributed by atoms with Crippen LogP contribution in [0.1, 0.15) is 12.5 Å². The maximum atomic E-state index is 12.7. The largest absolute Gasteiger partial charge is 0.474 e. The number of rotatable bonds is 3. The summed E-state index contributed by atoms with van der Waals surface area (Å²) < 4.78 is 15.8. The molecule has 0 unspecified atom stereocenters. The average molecular weight is 311 g/mol. The van der Waals surface area contributed by atoms with Gasteiger partial charge in [0.05, 0.1) is 0 Å². The van der Waals surface area contributed by atoms with E-state index in [1.165, 1.54) is 12.1 Å². The summed E-state index contributed by atoms with van der Waals surface area (Å²) in [5.74, 6) is -0.726. The minimum atomic E-state index is -1.85. The van der Waals surface area contributed by atoms with Gasteiger partial charge in [-0.2, -0.15) is 0 Å². The Labute approximate surface area is 120 Å². The van der Waals surface area contributed by atoms with E-state index in [0.29, 0.717) is 0 Å². The molecule has 0 amide bonds. The lowest BCUT2D eigenvalue weighted by Gasteiger charge is -2.12. The second kappa shape index (κ2) is 6.41. The minimum Gasteiger partial charge on any atom is -0.474 e. The quantitative estimate of drug-likeness (QED) is 0.494. The van der Waals surface area contributed by atoms with E-state index in [4.69, 9.17) is 44.9 Å². The van der Waals surface area contributed by atoms with E-state index in [-0.39, 0.29) is 12.4 Å². The fourth-order valence-electron chi connectivity index (χ4n) is 1.16.